The molecule has 2 aromatic rings. The first kappa shape index (κ1) is 21.1. The number of amides is 1. The molecule has 0 fully saturated rings. The van der Waals surface area contributed by atoms with Crippen molar-refractivity contribution in [2.45, 2.75) is 24.4 Å². The Morgan fingerprint density at radius 3 is 2.43 bits per heavy atom. The summed E-state index contributed by atoms with van der Waals surface area (Å²) in [6, 6.07) is 6.77. The van der Waals surface area contributed by atoms with Gasteiger partial charge in [0.15, 0.2) is 6.61 Å². The molecule has 0 atom stereocenters. The van der Waals surface area contributed by atoms with Crippen molar-refractivity contribution in [3.05, 3.63) is 62.9 Å². The van der Waals surface area contributed by atoms with Gasteiger partial charge in [-0.25, -0.2) is 18.4 Å². The van der Waals surface area contributed by atoms with Crippen molar-refractivity contribution >= 4 is 21.9 Å². The Labute approximate surface area is 159 Å². The van der Waals surface area contributed by atoms with E-state index in [0.717, 1.165) is 10.6 Å². The van der Waals surface area contributed by atoms with E-state index in [0.29, 0.717) is 5.56 Å². The van der Waals surface area contributed by atoms with Crippen LogP contribution < -0.4 is 21.7 Å². The van der Waals surface area contributed by atoms with Crippen LogP contribution in [0, 0.1) is 0 Å². The van der Waals surface area contributed by atoms with Gasteiger partial charge in [-0.15, -0.1) is 0 Å². The summed E-state index contributed by atoms with van der Waals surface area (Å²) in [6.45, 7) is -0.408. The molecule has 0 unspecified atom stereocenters. The number of aromatic nitrogens is 2. The standard InChI is InChI=1S/C16H18N4O7S/c17-28(25,26)12-3-1-11(2-4-12)9-18-14(22)10-27-15(23)6-8-20-7-5-13(21)19-16(20)24/h1-5,7H,6,8-10H2,(H,18,22)(H2,17,25,26)(H,19,21,24). The highest BCUT2D eigenvalue weighted by Gasteiger charge is 2.10. The molecular weight excluding hydrogens is 392 g/mol. The third kappa shape index (κ3) is 6.48. The highest BCUT2D eigenvalue weighted by atomic mass is 32.2. The van der Waals surface area contributed by atoms with E-state index in [4.69, 9.17) is 9.88 Å². The van der Waals surface area contributed by atoms with Crippen LogP contribution >= 0.6 is 0 Å². The van der Waals surface area contributed by atoms with E-state index >= 15 is 0 Å². The van der Waals surface area contributed by atoms with Gasteiger partial charge in [-0.3, -0.25) is 19.4 Å². The van der Waals surface area contributed by atoms with E-state index in [-0.39, 0.29) is 24.4 Å². The zero-order valence-electron chi connectivity index (χ0n) is 14.6. The molecule has 0 aliphatic rings. The summed E-state index contributed by atoms with van der Waals surface area (Å²) in [7, 11) is -3.78. The van der Waals surface area contributed by atoms with Crippen LogP contribution in [0.5, 0.6) is 0 Å². The van der Waals surface area contributed by atoms with Crippen LogP contribution in [0.15, 0.2) is 51.0 Å². The largest absolute Gasteiger partial charge is 0.456 e. The van der Waals surface area contributed by atoms with Crippen LogP contribution in [0.4, 0.5) is 0 Å². The summed E-state index contributed by atoms with van der Waals surface area (Å²) in [5, 5.41) is 7.50. The molecule has 1 aromatic heterocycles. The molecule has 1 heterocycles. The molecule has 1 aromatic carbocycles. The lowest BCUT2D eigenvalue weighted by Crippen LogP contribution is -2.30. The van der Waals surface area contributed by atoms with E-state index in [1.165, 1.54) is 30.5 Å². The molecular formula is C16H18N4O7S. The van der Waals surface area contributed by atoms with Gasteiger partial charge in [0.05, 0.1) is 11.3 Å². The smallest absolute Gasteiger partial charge is 0.328 e. The van der Waals surface area contributed by atoms with Gasteiger partial charge < -0.3 is 14.6 Å². The molecule has 4 N–H and O–H groups in total. The second-order valence-corrected chi connectivity index (χ2v) is 7.24. The van der Waals surface area contributed by atoms with Gasteiger partial charge in [-0.1, -0.05) is 12.1 Å². The average Bonchev–Trinajstić information content (AvgIpc) is 2.63. The summed E-state index contributed by atoms with van der Waals surface area (Å²) in [5.41, 5.74) is -0.559. The summed E-state index contributed by atoms with van der Waals surface area (Å²) in [5.74, 6) is -1.24. The summed E-state index contributed by atoms with van der Waals surface area (Å²) in [4.78, 5) is 47.8. The minimum atomic E-state index is -3.78. The SMILES string of the molecule is NS(=O)(=O)c1ccc(CNC(=O)COC(=O)CCn2ccc(=O)[nH]c2=O)cc1. The number of H-pyrrole nitrogens is 1. The van der Waals surface area contributed by atoms with E-state index < -0.39 is 39.8 Å². The number of rotatable bonds is 8. The van der Waals surface area contributed by atoms with Crippen LogP contribution in [-0.4, -0.2) is 36.5 Å². The number of aromatic amines is 1. The molecule has 0 radical (unpaired) electrons. The highest BCUT2D eigenvalue weighted by molar-refractivity contribution is 7.89. The van der Waals surface area contributed by atoms with Crippen LogP contribution in [0.1, 0.15) is 12.0 Å². The Morgan fingerprint density at radius 1 is 1.14 bits per heavy atom. The molecule has 150 valence electrons. The van der Waals surface area contributed by atoms with Crippen molar-refractivity contribution in [1.82, 2.24) is 14.9 Å². The molecule has 0 saturated carbocycles. The normalized spacial score (nSPS) is 11.0. The maximum atomic E-state index is 11.7. The molecule has 2 rings (SSSR count). The number of nitrogens with one attached hydrogen (secondary N) is 2. The second-order valence-electron chi connectivity index (χ2n) is 5.68. The van der Waals surface area contributed by atoms with E-state index in [2.05, 4.69) is 10.3 Å². The number of primary sulfonamides is 1. The first-order valence-electron chi connectivity index (χ1n) is 7.99. The first-order valence-corrected chi connectivity index (χ1v) is 9.53. The Hall–Kier alpha value is -3.25. The van der Waals surface area contributed by atoms with Crippen LogP contribution in [0.3, 0.4) is 0 Å². The van der Waals surface area contributed by atoms with Gasteiger partial charge in [0, 0.05) is 25.4 Å². The lowest BCUT2D eigenvalue weighted by Gasteiger charge is -2.08. The van der Waals surface area contributed by atoms with Crippen LogP contribution in [0.25, 0.3) is 0 Å². The fourth-order valence-electron chi connectivity index (χ4n) is 2.10. The van der Waals surface area contributed by atoms with Gasteiger partial charge >= 0.3 is 11.7 Å². The fraction of sp³-hybridized carbons (Fsp3) is 0.250. The monoisotopic (exact) mass is 410 g/mol. The maximum absolute atomic E-state index is 11.7. The molecule has 1 amide bonds. The van der Waals surface area contributed by atoms with Gasteiger partial charge in [0.25, 0.3) is 11.5 Å². The lowest BCUT2D eigenvalue weighted by atomic mass is 10.2. The predicted molar refractivity (Wildman–Crippen MR) is 96.6 cm³/mol. The molecule has 0 spiro atoms. The number of sulfonamides is 1. The van der Waals surface area contributed by atoms with E-state index in [1.54, 1.807) is 0 Å². The molecule has 0 bridgehead atoms. The molecule has 0 aliphatic heterocycles. The first-order chi connectivity index (χ1) is 13.1. The van der Waals surface area contributed by atoms with Gasteiger partial charge in [-0.05, 0) is 17.7 Å². The van der Waals surface area contributed by atoms with Gasteiger partial charge in [0.2, 0.25) is 10.0 Å². The number of benzene rings is 1. The summed E-state index contributed by atoms with van der Waals surface area (Å²) in [6.07, 6.45) is 1.09. The number of carbonyl (C=O) groups is 2. The van der Waals surface area contributed by atoms with Crippen molar-refractivity contribution in [3.63, 3.8) is 0 Å². The number of hydrogen-bond donors (Lipinski definition) is 3. The fourth-order valence-corrected chi connectivity index (χ4v) is 2.61. The Balaban J connectivity index is 1.73. The average molecular weight is 410 g/mol. The number of nitrogens with two attached hydrogens (primary N) is 1. The maximum Gasteiger partial charge on any atom is 0.328 e. The van der Waals surface area contributed by atoms with Crippen molar-refractivity contribution in [2.24, 2.45) is 5.14 Å². The number of hydrogen-bond acceptors (Lipinski definition) is 7. The minimum absolute atomic E-state index is 0.00748. The molecule has 0 saturated heterocycles. The number of aryl methyl sites for hydroxylation is 1. The van der Waals surface area contributed by atoms with Crippen molar-refractivity contribution in [2.75, 3.05) is 6.61 Å². The Morgan fingerprint density at radius 2 is 1.82 bits per heavy atom. The van der Waals surface area contributed by atoms with Crippen molar-refractivity contribution in [1.29, 1.82) is 0 Å². The third-order valence-electron chi connectivity index (χ3n) is 3.56. The van der Waals surface area contributed by atoms with Crippen molar-refractivity contribution in [3.8, 4) is 0 Å². The quantitative estimate of drug-likeness (QED) is 0.441. The number of nitrogens with zero attached hydrogens (tertiary/aromatic N) is 1. The van der Waals surface area contributed by atoms with Gasteiger partial charge in [0.1, 0.15) is 0 Å². The molecule has 0 aliphatic carbocycles. The second kappa shape index (κ2) is 9.10. The van der Waals surface area contributed by atoms with Gasteiger partial charge in [-0.2, -0.15) is 0 Å². The number of carbonyl (C=O) groups excluding carboxylic acids is 2. The third-order valence-corrected chi connectivity index (χ3v) is 4.49. The lowest BCUT2D eigenvalue weighted by molar-refractivity contribution is -0.148. The minimum Gasteiger partial charge on any atom is -0.456 e. The van der Waals surface area contributed by atoms with Crippen LogP contribution in [-0.2, 0) is 37.4 Å². The summed E-state index contributed by atoms with van der Waals surface area (Å²) >= 11 is 0. The van der Waals surface area contributed by atoms with E-state index in [1.807, 2.05) is 0 Å². The van der Waals surface area contributed by atoms with Crippen molar-refractivity contribution < 1.29 is 22.7 Å². The molecule has 28 heavy (non-hydrogen) atoms. The molecule has 12 heteroatoms. The highest BCUT2D eigenvalue weighted by Crippen LogP contribution is 2.08. The predicted octanol–water partition coefficient (Wildman–Crippen LogP) is -1.57. The topological polar surface area (TPSA) is 170 Å². The zero-order chi connectivity index (χ0) is 20.7. The van der Waals surface area contributed by atoms with Crippen LogP contribution in [0.2, 0.25) is 0 Å². The number of esters is 1. The molecule has 11 nitrogen and oxygen atoms in total. The summed E-state index contributed by atoms with van der Waals surface area (Å²) < 4.78 is 28.3. The zero-order valence-corrected chi connectivity index (χ0v) is 15.4. The van der Waals surface area contributed by atoms with E-state index in [9.17, 15) is 27.6 Å². The Kier molecular flexibility index (Phi) is 6.84. The Bertz CT molecular complexity index is 1070. The number of ether oxygens (including phenoxy) is 1.